The predicted octanol–water partition coefficient (Wildman–Crippen LogP) is 6.67. The van der Waals surface area contributed by atoms with Crippen molar-refractivity contribution in [2.45, 2.75) is 43.9 Å². The second-order valence-electron chi connectivity index (χ2n) is 6.84. The largest absolute Gasteiger partial charge is 0.283 e. The summed E-state index contributed by atoms with van der Waals surface area (Å²) in [5, 5.41) is 22.9. The number of nitro benzene ring substituents is 2. The summed E-state index contributed by atoms with van der Waals surface area (Å²) in [6.45, 7) is 0. The lowest BCUT2D eigenvalue weighted by atomic mass is 9.69. The van der Waals surface area contributed by atoms with E-state index in [0.717, 1.165) is 49.7 Å². The number of rotatable bonds is 4. The average Bonchev–Trinajstić information content (AvgIpc) is 2.89. The molecule has 0 aliphatic heterocycles. The molecular weight excluding hydrogens is 480 g/mol. The van der Waals surface area contributed by atoms with Crippen molar-refractivity contribution in [3.05, 3.63) is 76.7 Å². The van der Waals surface area contributed by atoms with Crippen molar-refractivity contribution < 1.29 is 9.85 Å². The summed E-state index contributed by atoms with van der Waals surface area (Å²) in [5.74, 6) is 0. The molecule has 3 rings (SSSR count). The summed E-state index contributed by atoms with van der Waals surface area (Å²) in [4.78, 5) is 22.1. The van der Waals surface area contributed by atoms with Gasteiger partial charge in [0, 0.05) is 17.5 Å². The summed E-state index contributed by atoms with van der Waals surface area (Å²) in [6.07, 6.45) is 5.77. The standard InChI is InChI=1S/C19H18Br2N2O4/c20-15-7-5-13(11-17(15)22(24)25)19(9-3-1-2-4-10-19)14-6-8-16(21)18(12-14)23(26)27/h5-8,11-12H,1-4,9-10H2. The van der Waals surface area contributed by atoms with Gasteiger partial charge in [-0.25, -0.2) is 0 Å². The zero-order chi connectivity index (χ0) is 19.6. The highest BCUT2D eigenvalue weighted by molar-refractivity contribution is 9.11. The van der Waals surface area contributed by atoms with Crippen molar-refractivity contribution >= 4 is 43.2 Å². The Kier molecular flexibility index (Phi) is 5.95. The van der Waals surface area contributed by atoms with Crippen LogP contribution in [0.1, 0.15) is 49.7 Å². The van der Waals surface area contributed by atoms with Crippen molar-refractivity contribution in [1.29, 1.82) is 0 Å². The van der Waals surface area contributed by atoms with Crippen LogP contribution in [0, 0.1) is 20.2 Å². The molecule has 0 radical (unpaired) electrons. The van der Waals surface area contributed by atoms with Gasteiger partial charge in [-0.1, -0.05) is 37.8 Å². The maximum atomic E-state index is 11.4. The van der Waals surface area contributed by atoms with Crippen LogP contribution in [0.4, 0.5) is 11.4 Å². The molecule has 0 atom stereocenters. The highest BCUT2D eigenvalue weighted by Gasteiger charge is 2.37. The Labute approximate surface area is 173 Å². The third kappa shape index (κ3) is 3.91. The number of hydrogen-bond acceptors (Lipinski definition) is 4. The molecule has 0 aromatic heterocycles. The van der Waals surface area contributed by atoms with E-state index in [1.54, 1.807) is 24.3 Å². The van der Waals surface area contributed by atoms with Crippen molar-refractivity contribution in [3.63, 3.8) is 0 Å². The van der Waals surface area contributed by atoms with Crippen LogP contribution in [0.2, 0.25) is 0 Å². The Morgan fingerprint density at radius 2 is 1.15 bits per heavy atom. The number of nitro groups is 2. The van der Waals surface area contributed by atoms with Gasteiger partial charge in [0.15, 0.2) is 0 Å². The molecule has 0 saturated heterocycles. The summed E-state index contributed by atoms with van der Waals surface area (Å²) < 4.78 is 0.864. The molecule has 1 saturated carbocycles. The van der Waals surface area contributed by atoms with E-state index in [9.17, 15) is 20.2 Å². The number of benzene rings is 2. The van der Waals surface area contributed by atoms with Crippen LogP contribution in [0.15, 0.2) is 45.3 Å². The Hall–Kier alpha value is -1.80. The SMILES string of the molecule is O=[N+]([O-])c1cc(C2(c3ccc(Br)c([N+](=O)[O-])c3)CCCCCC2)ccc1Br. The molecule has 0 heterocycles. The molecule has 1 fully saturated rings. The number of nitrogens with zero attached hydrogens (tertiary/aromatic N) is 2. The Bertz CT molecular complexity index is 828. The van der Waals surface area contributed by atoms with Gasteiger partial charge in [-0.15, -0.1) is 0 Å². The smallest absolute Gasteiger partial charge is 0.258 e. The lowest BCUT2D eigenvalue weighted by molar-refractivity contribution is -0.385. The molecule has 142 valence electrons. The maximum absolute atomic E-state index is 11.4. The minimum atomic E-state index is -0.465. The first-order valence-electron chi connectivity index (χ1n) is 8.74. The Balaban J connectivity index is 2.22. The fourth-order valence-corrected chi connectivity index (χ4v) is 4.76. The average molecular weight is 498 g/mol. The minimum absolute atomic E-state index is 0.0164. The molecule has 27 heavy (non-hydrogen) atoms. The zero-order valence-electron chi connectivity index (χ0n) is 14.5. The molecule has 6 nitrogen and oxygen atoms in total. The third-order valence-electron chi connectivity index (χ3n) is 5.35. The molecule has 1 aliphatic carbocycles. The first-order chi connectivity index (χ1) is 12.8. The van der Waals surface area contributed by atoms with Crippen LogP contribution in [-0.4, -0.2) is 9.85 Å². The third-order valence-corrected chi connectivity index (χ3v) is 6.69. The summed E-state index contributed by atoms with van der Waals surface area (Å²) in [5.41, 5.74) is 1.25. The van der Waals surface area contributed by atoms with E-state index < -0.39 is 15.3 Å². The fourth-order valence-electron chi connectivity index (χ4n) is 3.98. The Morgan fingerprint density at radius 3 is 1.52 bits per heavy atom. The maximum Gasteiger partial charge on any atom is 0.283 e. The second-order valence-corrected chi connectivity index (χ2v) is 8.55. The predicted molar refractivity (Wildman–Crippen MR) is 110 cm³/mol. The fraction of sp³-hybridized carbons (Fsp3) is 0.368. The van der Waals surface area contributed by atoms with E-state index >= 15 is 0 Å². The summed E-state index contributed by atoms with van der Waals surface area (Å²) >= 11 is 6.49. The number of halogens is 2. The minimum Gasteiger partial charge on any atom is -0.258 e. The molecule has 0 amide bonds. The number of hydrogen-bond donors (Lipinski definition) is 0. The van der Waals surface area contributed by atoms with E-state index in [1.165, 1.54) is 0 Å². The molecule has 8 heteroatoms. The van der Waals surface area contributed by atoms with Crippen molar-refractivity contribution in [2.75, 3.05) is 0 Å². The van der Waals surface area contributed by atoms with Gasteiger partial charge in [0.1, 0.15) is 0 Å². The van der Waals surface area contributed by atoms with Crippen LogP contribution in [0.25, 0.3) is 0 Å². The lowest BCUT2D eigenvalue weighted by Crippen LogP contribution is -2.27. The molecule has 0 unspecified atom stereocenters. The molecular formula is C19H18Br2N2O4. The van der Waals surface area contributed by atoms with Crippen LogP contribution < -0.4 is 0 Å². The first kappa shape index (κ1) is 19.9. The van der Waals surface area contributed by atoms with Gasteiger partial charge >= 0.3 is 0 Å². The van der Waals surface area contributed by atoms with E-state index in [2.05, 4.69) is 31.9 Å². The highest BCUT2D eigenvalue weighted by atomic mass is 79.9. The second kappa shape index (κ2) is 8.06. The molecule has 0 bridgehead atoms. The van der Waals surface area contributed by atoms with Crippen LogP contribution in [0.3, 0.4) is 0 Å². The van der Waals surface area contributed by atoms with Gasteiger partial charge in [0.05, 0.1) is 18.8 Å². The zero-order valence-corrected chi connectivity index (χ0v) is 17.7. The summed E-state index contributed by atoms with van der Waals surface area (Å²) in [6, 6.07) is 10.4. The monoisotopic (exact) mass is 496 g/mol. The van der Waals surface area contributed by atoms with Gasteiger partial charge in [-0.3, -0.25) is 20.2 Å². The van der Waals surface area contributed by atoms with Crippen LogP contribution in [0.5, 0.6) is 0 Å². The van der Waals surface area contributed by atoms with E-state index in [1.807, 2.05) is 12.1 Å². The Morgan fingerprint density at radius 1 is 0.741 bits per heavy atom. The van der Waals surface area contributed by atoms with Crippen molar-refractivity contribution in [1.82, 2.24) is 0 Å². The molecule has 2 aromatic rings. The highest BCUT2D eigenvalue weighted by Crippen LogP contribution is 2.47. The lowest BCUT2D eigenvalue weighted by Gasteiger charge is -2.34. The van der Waals surface area contributed by atoms with E-state index in [-0.39, 0.29) is 11.4 Å². The topological polar surface area (TPSA) is 86.3 Å². The molecule has 1 aliphatic rings. The van der Waals surface area contributed by atoms with Crippen molar-refractivity contribution in [3.8, 4) is 0 Å². The van der Waals surface area contributed by atoms with Gasteiger partial charge in [-0.2, -0.15) is 0 Å². The quantitative estimate of drug-likeness (QED) is 0.268. The van der Waals surface area contributed by atoms with E-state index in [0.29, 0.717) is 8.95 Å². The molecule has 2 aromatic carbocycles. The van der Waals surface area contributed by atoms with Gasteiger partial charge < -0.3 is 0 Å². The van der Waals surface area contributed by atoms with Crippen LogP contribution >= 0.6 is 31.9 Å². The molecule has 0 spiro atoms. The summed E-state index contributed by atoms with van der Waals surface area (Å²) in [7, 11) is 0. The van der Waals surface area contributed by atoms with Gasteiger partial charge in [0.25, 0.3) is 11.4 Å². The van der Waals surface area contributed by atoms with Crippen LogP contribution in [-0.2, 0) is 5.41 Å². The van der Waals surface area contributed by atoms with Crippen molar-refractivity contribution in [2.24, 2.45) is 0 Å². The molecule has 0 N–H and O–H groups in total. The van der Waals surface area contributed by atoms with E-state index in [4.69, 9.17) is 0 Å². The first-order valence-corrected chi connectivity index (χ1v) is 10.3. The van der Waals surface area contributed by atoms with Gasteiger partial charge in [0.2, 0.25) is 0 Å². The van der Waals surface area contributed by atoms with Gasteiger partial charge in [-0.05, 0) is 68.0 Å². The normalized spacial score (nSPS) is 16.5.